The normalized spacial score (nSPS) is 16.2. The number of nitrogens with one attached hydrogen (secondary N) is 1. The molecule has 0 fully saturated rings. The second-order valence-electron chi connectivity index (χ2n) is 6.53. The van der Waals surface area contributed by atoms with Crippen molar-refractivity contribution in [1.29, 1.82) is 0 Å². The minimum atomic E-state index is -0.954. The molecule has 5 rings (SSSR count). The number of carbonyl (C=O) groups excluding carboxylic acids is 1. The summed E-state index contributed by atoms with van der Waals surface area (Å²) in [5, 5.41) is 19.3. The minimum Gasteiger partial charge on any atom is -0.310 e. The lowest BCUT2D eigenvalue weighted by atomic mass is 9.85. The zero-order valence-corrected chi connectivity index (χ0v) is 14.6. The van der Waals surface area contributed by atoms with E-state index in [9.17, 15) is 13.6 Å². The van der Waals surface area contributed by atoms with Crippen LogP contribution in [0, 0.1) is 18.6 Å². The predicted molar refractivity (Wildman–Crippen MR) is 94.1 cm³/mol. The molecule has 0 saturated carbocycles. The summed E-state index contributed by atoms with van der Waals surface area (Å²) in [5.41, 5.74) is 1.91. The number of aromatic nitrogens is 6. The van der Waals surface area contributed by atoms with Crippen LogP contribution in [-0.2, 0) is 4.79 Å². The van der Waals surface area contributed by atoms with Crippen molar-refractivity contribution in [3.63, 3.8) is 0 Å². The number of benzene rings is 1. The lowest BCUT2D eigenvalue weighted by Gasteiger charge is -2.24. The third-order valence-electron chi connectivity index (χ3n) is 4.82. The van der Waals surface area contributed by atoms with Crippen molar-refractivity contribution in [3.05, 3.63) is 65.1 Å². The number of anilines is 1. The fraction of sp³-hybridized carbons (Fsp3) is 0.167. The van der Waals surface area contributed by atoms with E-state index in [1.807, 2.05) is 0 Å². The van der Waals surface area contributed by atoms with E-state index in [1.165, 1.54) is 27.7 Å². The van der Waals surface area contributed by atoms with Gasteiger partial charge in [-0.15, -0.1) is 15.3 Å². The van der Waals surface area contributed by atoms with Crippen LogP contribution in [0.15, 0.2) is 36.7 Å². The maximum atomic E-state index is 14.4. The van der Waals surface area contributed by atoms with Gasteiger partial charge in [0.25, 0.3) is 0 Å². The Morgan fingerprint density at radius 1 is 1.18 bits per heavy atom. The van der Waals surface area contributed by atoms with Crippen molar-refractivity contribution in [3.8, 4) is 5.82 Å². The molecule has 0 spiro atoms. The molecule has 0 radical (unpaired) electrons. The summed E-state index contributed by atoms with van der Waals surface area (Å²) in [5.74, 6) is -2.04. The SMILES string of the molecule is Cc1nn(-c2ccc3nncn3n2)c2c1[C@H](c1cccc(F)c1F)CC(=O)N2. The first-order valence-corrected chi connectivity index (χ1v) is 8.53. The number of rotatable bonds is 2. The van der Waals surface area contributed by atoms with E-state index in [4.69, 9.17) is 0 Å². The second kappa shape index (κ2) is 5.91. The van der Waals surface area contributed by atoms with E-state index in [-0.39, 0.29) is 17.9 Å². The Morgan fingerprint density at radius 3 is 2.89 bits per heavy atom. The zero-order valence-electron chi connectivity index (χ0n) is 14.6. The molecule has 4 aromatic rings. The summed E-state index contributed by atoms with van der Waals surface area (Å²) < 4.78 is 31.2. The van der Waals surface area contributed by atoms with Crippen molar-refractivity contribution in [2.24, 2.45) is 0 Å². The van der Waals surface area contributed by atoms with Crippen LogP contribution in [0.3, 0.4) is 0 Å². The summed E-state index contributed by atoms with van der Waals surface area (Å²) in [6.07, 6.45) is 1.45. The molecule has 8 nitrogen and oxygen atoms in total. The van der Waals surface area contributed by atoms with Gasteiger partial charge in [0.1, 0.15) is 12.1 Å². The van der Waals surface area contributed by atoms with Crippen LogP contribution >= 0.6 is 0 Å². The molecule has 1 aliphatic heterocycles. The Bertz CT molecular complexity index is 1250. The van der Waals surface area contributed by atoms with Gasteiger partial charge in [-0.2, -0.15) is 14.3 Å². The Morgan fingerprint density at radius 2 is 2.04 bits per heavy atom. The van der Waals surface area contributed by atoms with Gasteiger partial charge in [-0.1, -0.05) is 12.1 Å². The molecule has 140 valence electrons. The highest BCUT2D eigenvalue weighted by molar-refractivity contribution is 5.95. The Labute approximate surface area is 156 Å². The lowest BCUT2D eigenvalue weighted by molar-refractivity contribution is -0.116. The van der Waals surface area contributed by atoms with Crippen LogP contribution in [0.5, 0.6) is 0 Å². The quantitative estimate of drug-likeness (QED) is 0.576. The maximum Gasteiger partial charge on any atom is 0.226 e. The third-order valence-corrected chi connectivity index (χ3v) is 4.82. The van der Waals surface area contributed by atoms with Gasteiger partial charge < -0.3 is 5.32 Å². The van der Waals surface area contributed by atoms with Crippen molar-refractivity contribution in [1.82, 2.24) is 29.6 Å². The number of nitrogens with zero attached hydrogens (tertiary/aromatic N) is 6. The maximum absolute atomic E-state index is 14.4. The number of hydrogen-bond donors (Lipinski definition) is 1. The van der Waals surface area contributed by atoms with Crippen LogP contribution in [0.2, 0.25) is 0 Å². The molecule has 0 aliphatic carbocycles. The van der Waals surface area contributed by atoms with E-state index in [0.29, 0.717) is 28.5 Å². The molecule has 0 saturated heterocycles. The number of fused-ring (bicyclic) bond motifs is 2. The smallest absolute Gasteiger partial charge is 0.226 e. The van der Waals surface area contributed by atoms with Gasteiger partial charge >= 0.3 is 0 Å². The standard InChI is InChI=1S/C18H13F2N7O/c1-9-16-11(10-3-2-4-12(19)17(10)20)7-15(28)22-18(16)27(24-9)14-6-5-13-23-21-8-26(13)25-14/h2-6,8,11H,7H2,1H3,(H,22,28)/t11-/m0/s1. The largest absolute Gasteiger partial charge is 0.310 e. The molecule has 4 heterocycles. The van der Waals surface area contributed by atoms with E-state index in [1.54, 1.807) is 19.1 Å². The monoisotopic (exact) mass is 381 g/mol. The Balaban J connectivity index is 1.70. The summed E-state index contributed by atoms with van der Waals surface area (Å²) in [4.78, 5) is 12.4. The number of amides is 1. The Kier molecular flexibility index (Phi) is 3.48. The summed E-state index contributed by atoms with van der Waals surface area (Å²) >= 11 is 0. The fourth-order valence-corrected chi connectivity index (χ4v) is 3.60. The van der Waals surface area contributed by atoms with Crippen LogP contribution in [0.4, 0.5) is 14.6 Å². The van der Waals surface area contributed by atoms with E-state index < -0.39 is 17.6 Å². The molecule has 1 aromatic carbocycles. The molecule has 1 atom stereocenters. The molecular formula is C18H13F2N7O. The third kappa shape index (κ3) is 2.38. The zero-order chi connectivity index (χ0) is 19.4. The number of carbonyl (C=O) groups is 1. The average molecular weight is 381 g/mol. The first-order chi connectivity index (χ1) is 13.5. The molecular weight excluding hydrogens is 368 g/mol. The van der Waals surface area contributed by atoms with Crippen molar-refractivity contribution >= 4 is 17.4 Å². The average Bonchev–Trinajstić information content (AvgIpc) is 3.27. The van der Waals surface area contributed by atoms with Crippen LogP contribution < -0.4 is 5.32 Å². The summed E-state index contributed by atoms with van der Waals surface area (Å²) in [7, 11) is 0. The topological polar surface area (TPSA) is 90.0 Å². The van der Waals surface area contributed by atoms with Gasteiger partial charge in [0, 0.05) is 17.9 Å². The molecule has 0 unspecified atom stereocenters. The van der Waals surface area contributed by atoms with E-state index in [2.05, 4.69) is 25.7 Å². The van der Waals surface area contributed by atoms with Gasteiger partial charge in [-0.05, 0) is 30.7 Å². The van der Waals surface area contributed by atoms with Crippen LogP contribution in [-0.4, -0.2) is 35.5 Å². The van der Waals surface area contributed by atoms with Crippen LogP contribution in [0.25, 0.3) is 11.5 Å². The van der Waals surface area contributed by atoms with Gasteiger partial charge in [0.15, 0.2) is 23.1 Å². The summed E-state index contributed by atoms with van der Waals surface area (Å²) in [6, 6.07) is 7.38. The number of aryl methyl sites for hydroxylation is 1. The van der Waals surface area contributed by atoms with Gasteiger partial charge in [-0.25, -0.2) is 8.78 Å². The fourth-order valence-electron chi connectivity index (χ4n) is 3.60. The lowest BCUT2D eigenvalue weighted by Crippen LogP contribution is -2.25. The van der Waals surface area contributed by atoms with E-state index >= 15 is 0 Å². The summed E-state index contributed by atoms with van der Waals surface area (Å²) in [6.45, 7) is 1.76. The highest BCUT2D eigenvalue weighted by atomic mass is 19.2. The number of halogens is 2. The molecule has 28 heavy (non-hydrogen) atoms. The van der Waals surface area contributed by atoms with Crippen molar-refractivity contribution < 1.29 is 13.6 Å². The molecule has 1 N–H and O–H groups in total. The van der Waals surface area contributed by atoms with Crippen LogP contribution in [0.1, 0.15) is 29.2 Å². The first kappa shape index (κ1) is 16.5. The highest BCUT2D eigenvalue weighted by Gasteiger charge is 2.34. The molecule has 10 heteroatoms. The van der Waals surface area contributed by atoms with Gasteiger partial charge in [-0.3, -0.25) is 4.79 Å². The molecule has 1 aliphatic rings. The van der Waals surface area contributed by atoms with Gasteiger partial charge in [0.2, 0.25) is 5.91 Å². The second-order valence-corrected chi connectivity index (χ2v) is 6.53. The Hall–Kier alpha value is -3.69. The molecule has 1 amide bonds. The van der Waals surface area contributed by atoms with Gasteiger partial charge in [0.05, 0.1) is 5.69 Å². The number of hydrogen-bond acceptors (Lipinski definition) is 5. The van der Waals surface area contributed by atoms with E-state index in [0.717, 1.165) is 6.07 Å². The molecule has 3 aromatic heterocycles. The van der Waals surface area contributed by atoms with Crippen molar-refractivity contribution in [2.75, 3.05) is 5.32 Å². The highest BCUT2D eigenvalue weighted by Crippen LogP contribution is 2.41. The van der Waals surface area contributed by atoms with Crippen molar-refractivity contribution in [2.45, 2.75) is 19.3 Å². The predicted octanol–water partition coefficient (Wildman–Crippen LogP) is 2.37. The minimum absolute atomic E-state index is 0.00217. The molecule has 0 bridgehead atoms. The first-order valence-electron chi connectivity index (χ1n) is 8.53.